The summed E-state index contributed by atoms with van der Waals surface area (Å²) in [6.45, 7) is 27.4. The minimum atomic E-state index is 0.275. The van der Waals surface area contributed by atoms with Crippen LogP contribution >= 0.6 is 0 Å². The Morgan fingerprint density at radius 2 is 1.69 bits per heavy atom. The van der Waals surface area contributed by atoms with E-state index in [2.05, 4.69) is 157 Å². The Hall–Kier alpha value is -7.44. The molecule has 1 aliphatic carbocycles. The fraction of sp³-hybridized carbons (Fsp3) is 0.172. The van der Waals surface area contributed by atoms with Crippen molar-refractivity contribution in [3.05, 3.63) is 212 Å². The molecule has 6 nitrogen and oxygen atoms in total. The maximum absolute atomic E-state index is 5.06. The van der Waals surface area contributed by atoms with Gasteiger partial charge in [0.1, 0.15) is 0 Å². The highest BCUT2D eigenvalue weighted by molar-refractivity contribution is 6.15. The molecule has 3 heterocycles. The largest absolute Gasteiger partial charge is 0.335 e. The number of hydrogen-bond donors (Lipinski definition) is 0. The van der Waals surface area contributed by atoms with Gasteiger partial charge in [-0.1, -0.05) is 162 Å². The lowest BCUT2D eigenvalue weighted by Gasteiger charge is -2.35. The fourth-order valence-electron chi connectivity index (χ4n) is 8.51. The Bertz CT molecular complexity index is 2980. The summed E-state index contributed by atoms with van der Waals surface area (Å²) in [5.74, 6) is 1.90. The average Bonchev–Trinajstić information content (AvgIpc) is 3.69. The summed E-state index contributed by atoms with van der Waals surface area (Å²) in [4.78, 5) is 21.8. The number of hydrogen-bond acceptors (Lipinski definition) is 5. The third-order valence-electron chi connectivity index (χ3n) is 11.5. The normalized spacial score (nSPS) is 15.0. The zero-order valence-electron chi connectivity index (χ0n) is 37.9. The van der Waals surface area contributed by atoms with E-state index in [1.807, 2.05) is 70.2 Å². The Morgan fingerprint density at radius 3 is 2.42 bits per heavy atom. The third-order valence-corrected chi connectivity index (χ3v) is 11.5. The SMILES string of the molecule is C=C/C(=C(\C=C/C)N=C)N1Cc2ccc3c4ccccc4n(-c4cccc(-c5nc(C(=C)/C=C\CCC)nc(/C(C=C)=C/C=C\C)n5)c4)c3c2-c2cc(C3C=CC=CC3)ccc21.CC. The van der Waals surface area contributed by atoms with E-state index in [1.54, 1.807) is 6.08 Å². The highest BCUT2D eigenvalue weighted by Gasteiger charge is 2.30. The lowest BCUT2D eigenvalue weighted by Crippen LogP contribution is -2.26. The molecular weight excluding hydrogens is 781 g/mol. The molecule has 6 aromatic rings. The van der Waals surface area contributed by atoms with Crippen molar-refractivity contribution in [2.75, 3.05) is 4.90 Å². The number of nitrogens with zero attached hydrogens (tertiary/aromatic N) is 6. The van der Waals surface area contributed by atoms with Gasteiger partial charge < -0.3 is 9.47 Å². The Balaban J connectivity index is 0.00000302. The van der Waals surface area contributed by atoms with Gasteiger partial charge >= 0.3 is 0 Å². The molecule has 1 atom stereocenters. The van der Waals surface area contributed by atoms with E-state index in [0.29, 0.717) is 24.0 Å². The van der Waals surface area contributed by atoms with Crippen molar-refractivity contribution in [1.82, 2.24) is 19.5 Å². The van der Waals surface area contributed by atoms with Crippen molar-refractivity contribution in [2.24, 2.45) is 4.99 Å². The first-order valence-electron chi connectivity index (χ1n) is 22.4. The average molecular weight is 839 g/mol. The van der Waals surface area contributed by atoms with E-state index in [9.17, 15) is 0 Å². The van der Waals surface area contributed by atoms with Crippen LogP contribution in [-0.2, 0) is 6.54 Å². The summed E-state index contributed by atoms with van der Waals surface area (Å²) in [7, 11) is 0. The van der Waals surface area contributed by atoms with Crippen LogP contribution in [-0.4, -0.2) is 26.2 Å². The van der Waals surface area contributed by atoms with Gasteiger partial charge in [0.25, 0.3) is 0 Å². The summed E-state index contributed by atoms with van der Waals surface area (Å²) < 4.78 is 2.42. The van der Waals surface area contributed by atoms with Gasteiger partial charge in [0.2, 0.25) is 0 Å². The molecular formula is C58H58N6. The van der Waals surface area contributed by atoms with E-state index in [1.165, 1.54) is 27.5 Å². The molecule has 0 amide bonds. The lowest BCUT2D eigenvalue weighted by atomic mass is 9.85. The molecule has 1 aliphatic heterocycles. The number of aliphatic imine (C=N–C) groups is 1. The molecule has 0 N–H and O–H groups in total. The molecule has 320 valence electrons. The van der Waals surface area contributed by atoms with Gasteiger partial charge in [-0.15, -0.1) is 0 Å². The van der Waals surface area contributed by atoms with Gasteiger partial charge in [0.15, 0.2) is 17.5 Å². The molecule has 0 spiro atoms. The number of allylic oxidation sites excluding steroid dienone is 15. The zero-order valence-corrected chi connectivity index (χ0v) is 37.9. The van der Waals surface area contributed by atoms with Crippen molar-refractivity contribution in [1.29, 1.82) is 0 Å². The van der Waals surface area contributed by atoms with Crippen LogP contribution in [0.2, 0.25) is 0 Å². The van der Waals surface area contributed by atoms with Crippen LogP contribution in [0.25, 0.3) is 61.2 Å². The molecule has 2 aromatic heterocycles. The van der Waals surface area contributed by atoms with Gasteiger partial charge in [-0.05, 0) is 87.0 Å². The maximum Gasteiger partial charge on any atom is 0.164 e. The molecule has 0 saturated heterocycles. The van der Waals surface area contributed by atoms with E-state index in [4.69, 9.17) is 15.0 Å². The Kier molecular flexibility index (Phi) is 14.4. The fourth-order valence-corrected chi connectivity index (χ4v) is 8.51. The van der Waals surface area contributed by atoms with Crippen LogP contribution < -0.4 is 4.90 Å². The van der Waals surface area contributed by atoms with E-state index in [0.717, 1.165) is 75.3 Å². The number of fused-ring (bicyclic) bond motifs is 7. The predicted molar refractivity (Wildman–Crippen MR) is 276 cm³/mol. The van der Waals surface area contributed by atoms with Crippen molar-refractivity contribution >= 4 is 45.4 Å². The molecule has 0 saturated carbocycles. The first kappa shape index (κ1) is 44.6. The van der Waals surface area contributed by atoms with Gasteiger partial charge in [-0.3, -0.25) is 4.99 Å². The maximum atomic E-state index is 5.06. The second-order valence-corrected chi connectivity index (χ2v) is 15.4. The molecule has 6 heteroatoms. The first-order valence-corrected chi connectivity index (χ1v) is 22.4. The minimum absolute atomic E-state index is 0.275. The second kappa shape index (κ2) is 20.6. The molecule has 0 fully saturated rings. The summed E-state index contributed by atoms with van der Waals surface area (Å²) in [6, 6.07) is 28.7. The molecule has 0 radical (unpaired) electrons. The van der Waals surface area contributed by atoms with Crippen LogP contribution in [0.1, 0.15) is 82.6 Å². The Labute approximate surface area is 379 Å². The standard InChI is InChI=1S/C56H52N6.C2H6/c1-8-13-16-23-38(6)54-58-55(39(11-4)24-14-9-2)60-56(59-54)42-27-21-28-44(35-42)62-51-30-20-19-29-45(51)46-33-31-43-37-61(49(12-5)48(57-7)22-10-3)50-34-32-41(40-25-17-15-18-26-40)36-47(50)52(43)53(46)62;1-2/h9-12,14-25,27-36,40H,4-8,13,26,37H2,1-3H3;1-2H3/b14-9-,22-10-,23-16-,39-24+,49-48-;. The second-order valence-electron chi connectivity index (χ2n) is 15.4. The van der Waals surface area contributed by atoms with Gasteiger partial charge in [0, 0.05) is 62.4 Å². The topological polar surface area (TPSA) is 59.2 Å². The van der Waals surface area contributed by atoms with E-state index < -0.39 is 0 Å². The number of unbranched alkanes of at least 4 members (excludes halogenated alkanes) is 1. The highest BCUT2D eigenvalue weighted by Crippen LogP contribution is 2.49. The van der Waals surface area contributed by atoms with Crippen LogP contribution in [0.4, 0.5) is 5.69 Å². The third kappa shape index (κ3) is 8.77. The molecule has 0 bridgehead atoms. The molecule has 1 unspecified atom stereocenters. The van der Waals surface area contributed by atoms with E-state index >= 15 is 0 Å². The van der Waals surface area contributed by atoms with E-state index in [-0.39, 0.29) is 5.92 Å². The predicted octanol–water partition coefficient (Wildman–Crippen LogP) is 15.4. The van der Waals surface area contributed by atoms with Crippen molar-refractivity contribution < 1.29 is 0 Å². The molecule has 2 aliphatic rings. The minimum Gasteiger partial charge on any atom is -0.335 e. The number of anilines is 1. The van der Waals surface area contributed by atoms with Crippen molar-refractivity contribution in [2.45, 2.75) is 66.3 Å². The smallest absolute Gasteiger partial charge is 0.164 e. The lowest BCUT2D eigenvalue weighted by molar-refractivity contribution is 0.850. The van der Waals surface area contributed by atoms with Crippen LogP contribution in [0, 0.1) is 0 Å². The summed E-state index contributed by atoms with van der Waals surface area (Å²) >= 11 is 0. The molecule has 4 aromatic carbocycles. The van der Waals surface area contributed by atoms with Gasteiger partial charge in [-0.2, -0.15) is 0 Å². The van der Waals surface area contributed by atoms with Gasteiger partial charge in [-0.25, -0.2) is 15.0 Å². The highest BCUT2D eigenvalue weighted by atomic mass is 15.2. The van der Waals surface area contributed by atoms with Crippen LogP contribution in [0.3, 0.4) is 0 Å². The number of benzene rings is 4. The number of rotatable bonds is 14. The Morgan fingerprint density at radius 1 is 0.859 bits per heavy atom. The van der Waals surface area contributed by atoms with Crippen molar-refractivity contribution in [3.63, 3.8) is 0 Å². The monoisotopic (exact) mass is 838 g/mol. The number of aromatic nitrogens is 4. The quantitative estimate of drug-likeness (QED) is 0.0810. The summed E-state index contributed by atoms with van der Waals surface area (Å²) in [5, 5.41) is 2.36. The zero-order chi connectivity index (χ0) is 45.2. The molecule has 64 heavy (non-hydrogen) atoms. The van der Waals surface area contributed by atoms with Crippen molar-refractivity contribution in [3.8, 4) is 28.2 Å². The number of para-hydroxylation sites is 1. The van der Waals surface area contributed by atoms with Crippen LogP contribution in [0.5, 0.6) is 0 Å². The summed E-state index contributed by atoms with van der Waals surface area (Å²) in [6.07, 6.45) is 29.5. The summed E-state index contributed by atoms with van der Waals surface area (Å²) in [5.41, 5.74) is 13.3. The molecule has 8 rings (SSSR count). The van der Waals surface area contributed by atoms with Crippen LogP contribution in [0.15, 0.2) is 194 Å². The first-order chi connectivity index (χ1) is 31.4. The van der Waals surface area contributed by atoms with Gasteiger partial charge in [0.05, 0.1) is 22.4 Å².